The number of ether oxygens (including phenoxy) is 1. The van der Waals surface area contributed by atoms with Crippen molar-refractivity contribution in [3.8, 4) is 5.75 Å². The highest BCUT2D eigenvalue weighted by Crippen LogP contribution is 2.26. The number of likely N-dealkylation sites (tertiary alicyclic amines) is 1. The third-order valence-corrected chi connectivity index (χ3v) is 5.17. The molecule has 7 nitrogen and oxygen atoms in total. The summed E-state index contributed by atoms with van der Waals surface area (Å²) in [5.41, 5.74) is 1.92. The first-order valence-corrected chi connectivity index (χ1v) is 9.92. The quantitative estimate of drug-likeness (QED) is 0.656. The first-order valence-electron chi connectivity index (χ1n) is 9.92. The Hall–Kier alpha value is -3.49. The second kappa shape index (κ2) is 8.71. The van der Waals surface area contributed by atoms with E-state index >= 15 is 0 Å². The number of rotatable bonds is 5. The Bertz CT molecular complexity index is 1120. The van der Waals surface area contributed by atoms with Gasteiger partial charge < -0.3 is 19.4 Å². The van der Waals surface area contributed by atoms with E-state index < -0.39 is 18.4 Å². The van der Waals surface area contributed by atoms with Crippen molar-refractivity contribution in [2.75, 3.05) is 18.4 Å². The van der Waals surface area contributed by atoms with Gasteiger partial charge in [-0.2, -0.15) is 8.78 Å². The second-order valence-electron chi connectivity index (χ2n) is 7.37. The molecule has 9 heteroatoms. The minimum Gasteiger partial charge on any atom is -0.441 e. The van der Waals surface area contributed by atoms with Crippen molar-refractivity contribution in [3.05, 3.63) is 53.9 Å². The molecule has 2 aromatic carbocycles. The van der Waals surface area contributed by atoms with Crippen LogP contribution in [0.2, 0.25) is 0 Å². The van der Waals surface area contributed by atoms with Gasteiger partial charge in [0.05, 0.1) is 11.5 Å². The molecule has 4 rings (SSSR count). The van der Waals surface area contributed by atoms with Crippen LogP contribution in [0, 0.1) is 12.8 Å². The number of fused-ring (bicyclic) bond motifs is 1. The van der Waals surface area contributed by atoms with Crippen LogP contribution < -0.4 is 10.1 Å². The van der Waals surface area contributed by atoms with E-state index in [9.17, 15) is 18.4 Å². The molecule has 0 spiro atoms. The maximum absolute atomic E-state index is 12.9. The molecule has 0 radical (unpaired) electrons. The van der Waals surface area contributed by atoms with Crippen molar-refractivity contribution in [2.24, 2.45) is 5.92 Å². The van der Waals surface area contributed by atoms with E-state index in [0.717, 1.165) is 0 Å². The minimum atomic E-state index is -3.03. The number of carbonyl (C=O) groups is 2. The summed E-state index contributed by atoms with van der Waals surface area (Å²) in [5, 5.41) is 2.87. The second-order valence-corrected chi connectivity index (χ2v) is 7.37. The van der Waals surface area contributed by atoms with Crippen LogP contribution in [0.25, 0.3) is 11.1 Å². The van der Waals surface area contributed by atoms with E-state index in [1.807, 2.05) is 0 Å². The van der Waals surface area contributed by atoms with Crippen molar-refractivity contribution in [1.82, 2.24) is 9.88 Å². The summed E-state index contributed by atoms with van der Waals surface area (Å²) >= 11 is 0. The number of oxazole rings is 1. The first-order chi connectivity index (χ1) is 14.9. The van der Waals surface area contributed by atoms with Gasteiger partial charge in [0.2, 0.25) is 5.91 Å². The number of nitrogens with zero attached hydrogens (tertiary/aromatic N) is 2. The lowest BCUT2D eigenvalue weighted by molar-refractivity contribution is -0.121. The molecule has 2 amide bonds. The Labute approximate surface area is 177 Å². The van der Waals surface area contributed by atoms with Gasteiger partial charge in [-0.1, -0.05) is 12.1 Å². The Morgan fingerprint density at radius 2 is 2.06 bits per heavy atom. The fraction of sp³-hybridized carbons (Fsp3) is 0.318. The number of alkyl halides is 2. The molecule has 1 N–H and O–H groups in total. The van der Waals surface area contributed by atoms with Crippen molar-refractivity contribution in [3.63, 3.8) is 0 Å². The predicted molar refractivity (Wildman–Crippen MR) is 109 cm³/mol. The number of para-hydroxylation sites is 1. The smallest absolute Gasteiger partial charge is 0.387 e. The molecular weight excluding hydrogens is 408 g/mol. The van der Waals surface area contributed by atoms with Gasteiger partial charge in [-0.3, -0.25) is 9.59 Å². The number of aryl methyl sites for hydroxylation is 1. The fourth-order valence-electron chi connectivity index (χ4n) is 3.75. The zero-order valence-corrected chi connectivity index (χ0v) is 16.8. The van der Waals surface area contributed by atoms with E-state index in [-0.39, 0.29) is 23.8 Å². The maximum Gasteiger partial charge on any atom is 0.387 e. The third kappa shape index (κ3) is 4.65. The van der Waals surface area contributed by atoms with Crippen LogP contribution in [0.4, 0.5) is 14.5 Å². The van der Waals surface area contributed by atoms with Gasteiger partial charge in [0.25, 0.3) is 5.91 Å². The van der Waals surface area contributed by atoms with Gasteiger partial charge in [-0.25, -0.2) is 4.98 Å². The van der Waals surface area contributed by atoms with Gasteiger partial charge >= 0.3 is 6.61 Å². The Balaban J connectivity index is 1.45. The maximum atomic E-state index is 12.9. The van der Waals surface area contributed by atoms with E-state index in [4.69, 9.17) is 4.42 Å². The summed E-state index contributed by atoms with van der Waals surface area (Å²) in [4.78, 5) is 31.5. The number of benzene rings is 2. The Morgan fingerprint density at radius 1 is 1.26 bits per heavy atom. The molecule has 0 bridgehead atoms. The zero-order chi connectivity index (χ0) is 22.0. The summed E-state index contributed by atoms with van der Waals surface area (Å²) in [6.45, 7) is -0.648. The van der Waals surface area contributed by atoms with Crippen molar-refractivity contribution >= 4 is 28.6 Å². The van der Waals surface area contributed by atoms with Crippen LogP contribution in [-0.4, -0.2) is 41.4 Å². The molecular formula is C22H21F2N3O4. The largest absolute Gasteiger partial charge is 0.441 e. The molecule has 1 atom stereocenters. The molecule has 1 aromatic heterocycles. The van der Waals surface area contributed by atoms with Crippen LogP contribution in [0.3, 0.4) is 0 Å². The standard InChI is InChI=1S/C22H21F2N3O4/c1-13-25-17-11-15(8-9-19(17)30-13)26-20(28)14-5-4-10-27(12-14)21(29)16-6-2-3-7-18(16)31-22(23)24/h2-3,6-9,11,14,22H,4-5,10,12H2,1H3,(H,26,28)/t14-/m1/s1. The van der Waals surface area contributed by atoms with Gasteiger partial charge in [-0.15, -0.1) is 0 Å². The average molecular weight is 429 g/mol. The highest BCUT2D eigenvalue weighted by Gasteiger charge is 2.30. The molecule has 31 heavy (non-hydrogen) atoms. The molecule has 2 heterocycles. The van der Waals surface area contributed by atoms with Gasteiger partial charge in [0.1, 0.15) is 11.3 Å². The predicted octanol–water partition coefficient (Wildman–Crippen LogP) is 4.23. The van der Waals surface area contributed by atoms with Crippen LogP contribution in [0.5, 0.6) is 5.75 Å². The third-order valence-electron chi connectivity index (χ3n) is 5.17. The van der Waals surface area contributed by atoms with Crippen LogP contribution in [0.15, 0.2) is 46.9 Å². The summed E-state index contributed by atoms with van der Waals surface area (Å²) in [5.74, 6) is -0.709. The number of carbonyl (C=O) groups excluding carboxylic acids is 2. The minimum absolute atomic E-state index is 0.0516. The first kappa shape index (κ1) is 20.8. The van der Waals surface area contributed by atoms with E-state index in [0.29, 0.717) is 42.1 Å². The van der Waals surface area contributed by atoms with Crippen LogP contribution in [-0.2, 0) is 4.79 Å². The molecule has 1 aliphatic rings. The van der Waals surface area contributed by atoms with E-state index in [1.165, 1.54) is 23.1 Å². The molecule has 0 unspecified atom stereocenters. The lowest BCUT2D eigenvalue weighted by Gasteiger charge is -2.32. The number of halogens is 2. The zero-order valence-electron chi connectivity index (χ0n) is 16.8. The summed E-state index contributed by atoms with van der Waals surface area (Å²) in [6, 6.07) is 11.1. The molecule has 162 valence electrons. The van der Waals surface area contributed by atoms with Crippen molar-refractivity contribution in [2.45, 2.75) is 26.4 Å². The Kier molecular flexibility index (Phi) is 5.83. The van der Waals surface area contributed by atoms with E-state index in [1.54, 1.807) is 31.2 Å². The van der Waals surface area contributed by atoms with Crippen LogP contribution in [0.1, 0.15) is 29.1 Å². The monoisotopic (exact) mass is 429 g/mol. The number of piperidine rings is 1. The van der Waals surface area contributed by atoms with Gasteiger partial charge in [-0.05, 0) is 43.2 Å². The number of hydrogen-bond acceptors (Lipinski definition) is 5. The molecule has 3 aromatic rings. The summed E-state index contributed by atoms with van der Waals surface area (Å²) < 4.78 is 35.2. The highest BCUT2D eigenvalue weighted by atomic mass is 19.3. The lowest BCUT2D eigenvalue weighted by Crippen LogP contribution is -2.43. The van der Waals surface area contributed by atoms with Crippen molar-refractivity contribution < 1.29 is 27.5 Å². The molecule has 1 aliphatic heterocycles. The number of hydrogen-bond donors (Lipinski definition) is 1. The normalized spacial score (nSPS) is 16.5. The SMILES string of the molecule is Cc1nc2cc(NC(=O)[C@@H]3CCCN(C(=O)c4ccccc4OC(F)F)C3)ccc2o1. The van der Waals surface area contributed by atoms with E-state index in [2.05, 4.69) is 15.0 Å². The van der Waals surface area contributed by atoms with Crippen LogP contribution >= 0.6 is 0 Å². The van der Waals surface area contributed by atoms with Gasteiger partial charge in [0.15, 0.2) is 11.5 Å². The van der Waals surface area contributed by atoms with Gasteiger partial charge in [0, 0.05) is 25.7 Å². The number of nitrogens with one attached hydrogen (secondary N) is 1. The topological polar surface area (TPSA) is 84.7 Å². The Morgan fingerprint density at radius 3 is 2.87 bits per heavy atom. The molecule has 1 fully saturated rings. The average Bonchev–Trinajstić information content (AvgIpc) is 3.12. The lowest BCUT2D eigenvalue weighted by atomic mass is 9.96. The summed E-state index contributed by atoms with van der Waals surface area (Å²) in [6.07, 6.45) is 1.25. The number of aromatic nitrogens is 1. The highest BCUT2D eigenvalue weighted by molar-refractivity contribution is 5.98. The molecule has 1 saturated heterocycles. The fourth-order valence-corrected chi connectivity index (χ4v) is 3.75. The molecule has 0 aliphatic carbocycles. The number of amides is 2. The molecule has 0 saturated carbocycles. The van der Waals surface area contributed by atoms with Crippen molar-refractivity contribution in [1.29, 1.82) is 0 Å². The summed E-state index contributed by atoms with van der Waals surface area (Å²) in [7, 11) is 0. The number of anilines is 1.